The lowest BCUT2D eigenvalue weighted by Gasteiger charge is -2.26. The predicted molar refractivity (Wildman–Crippen MR) is 92.2 cm³/mol. The molecule has 2 aromatic rings. The molecule has 27 heavy (non-hydrogen) atoms. The van der Waals surface area contributed by atoms with Crippen LogP contribution in [-0.2, 0) is 12.6 Å². The quantitative estimate of drug-likeness (QED) is 0.719. The number of para-hydroxylation sites is 1. The van der Waals surface area contributed by atoms with E-state index in [9.17, 15) is 22.4 Å². The van der Waals surface area contributed by atoms with Crippen LogP contribution in [0.1, 0.15) is 34.3 Å². The van der Waals surface area contributed by atoms with Crippen LogP contribution in [0.5, 0.6) is 5.75 Å². The normalized spacial score (nSPS) is 17.2. The third kappa shape index (κ3) is 4.07. The van der Waals surface area contributed by atoms with Crippen LogP contribution in [0.2, 0.25) is 0 Å². The van der Waals surface area contributed by atoms with Gasteiger partial charge in [-0.1, -0.05) is 18.2 Å². The number of carbonyl (C=O) groups excluding carboxylic acids is 1. The highest BCUT2D eigenvalue weighted by Gasteiger charge is 2.36. The van der Waals surface area contributed by atoms with Gasteiger partial charge in [0.2, 0.25) is 0 Å². The van der Waals surface area contributed by atoms with Crippen molar-refractivity contribution in [2.75, 3.05) is 13.7 Å². The fourth-order valence-corrected chi connectivity index (χ4v) is 3.48. The van der Waals surface area contributed by atoms with E-state index in [1.807, 2.05) is 24.3 Å². The first kappa shape index (κ1) is 19.2. The van der Waals surface area contributed by atoms with E-state index in [4.69, 9.17) is 4.74 Å². The third-order valence-electron chi connectivity index (χ3n) is 4.80. The molecule has 144 valence electrons. The monoisotopic (exact) mass is 381 g/mol. The van der Waals surface area contributed by atoms with Crippen LogP contribution >= 0.6 is 0 Å². The molecule has 0 radical (unpaired) electrons. The van der Waals surface area contributed by atoms with Gasteiger partial charge in [-0.2, -0.15) is 13.2 Å². The Hall–Kier alpha value is -2.57. The van der Waals surface area contributed by atoms with Gasteiger partial charge in [-0.25, -0.2) is 4.39 Å². The van der Waals surface area contributed by atoms with Crippen LogP contribution in [0.3, 0.4) is 0 Å². The second-order valence-electron chi connectivity index (χ2n) is 6.50. The summed E-state index contributed by atoms with van der Waals surface area (Å²) < 4.78 is 57.6. The van der Waals surface area contributed by atoms with Crippen LogP contribution in [-0.4, -0.2) is 30.5 Å². The highest BCUT2D eigenvalue weighted by molar-refractivity contribution is 5.94. The third-order valence-corrected chi connectivity index (χ3v) is 4.80. The molecule has 3 nitrogen and oxygen atoms in total. The average molecular weight is 381 g/mol. The van der Waals surface area contributed by atoms with Gasteiger partial charge in [0.25, 0.3) is 5.91 Å². The van der Waals surface area contributed by atoms with Gasteiger partial charge >= 0.3 is 6.18 Å². The molecule has 2 aromatic carbocycles. The first-order chi connectivity index (χ1) is 12.8. The molecule has 3 rings (SSSR count). The van der Waals surface area contributed by atoms with E-state index in [1.54, 1.807) is 12.0 Å². The van der Waals surface area contributed by atoms with Crippen molar-refractivity contribution in [3.05, 3.63) is 65.0 Å². The summed E-state index contributed by atoms with van der Waals surface area (Å²) in [5.74, 6) is -1.19. The molecule has 7 heteroatoms. The second kappa shape index (κ2) is 7.58. The molecule has 1 aliphatic rings. The van der Waals surface area contributed by atoms with E-state index in [2.05, 4.69) is 0 Å². The zero-order valence-electron chi connectivity index (χ0n) is 14.7. The molecule has 1 fully saturated rings. The fraction of sp³-hybridized carbons (Fsp3) is 0.350. The standard InChI is InChI=1S/C20H19F4NO2/c1-27-18-7-3-2-5-13(18)11-15-6-4-10-25(15)19(26)14-8-9-17(21)16(12-14)20(22,23)24/h2-3,5,7-9,12,15H,4,6,10-11H2,1H3/t15-/m0/s1. The molecule has 0 unspecified atom stereocenters. The number of halogens is 4. The number of benzene rings is 2. The van der Waals surface area contributed by atoms with Gasteiger partial charge in [-0.15, -0.1) is 0 Å². The number of ether oxygens (including phenoxy) is 1. The number of likely N-dealkylation sites (tertiary alicyclic amines) is 1. The number of hydrogen-bond donors (Lipinski definition) is 0. The lowest BCUT2D eigenvalue weighted by Crippen LogP contribution is -2.37. The maximum absolute atomic E-state index is 13.5. The Kier molecular flexibility index (Phi) is 5.39. The number of hydrogen-bond acceptors (Lipinski definition) is 2. The maximum atomic E-state index is 13.5. The first-order valence-corrected chi connectivity index (χ1v) is 8.61. The molecule has 0 aromatic heterocycles. The predicted octanol–water partition coefficient (Wildman–Crippen LogP) is 4.70. The fourth-order valence-electron chi connectivity index (χ4n) is 3.48. The SMILES string of the molecule is COc1ccccc1C[C@@H]1CCCN1C(=O)c1ccc(F)c(C(F)(F)F)c1. The molecule has 0 spiro atoms. The minimum Gasteiger partial charge on any atom is -0.496 e. The highest BCUT2D eigenvalue weighted by atomic mass is 19.4. The van der Waals surface area contributed by atoms with E-state index in [-0.39, 0.29) is 11.6 Å². The van der Waals surface area contributed by atoms with Crippen molar-refractivity contribution >= 4 is 5.91 Å². The largest absolute Gasteiger partial charge is 0.496 e. The minimum atomic E-state index is -4.85. The van der Waals surface area contributed by atoms with Crippen molar-refractivity contribution in [1.29, 1.82) is 0 Å². The zero-order chi connectivity index (χ0) is 19.6. The van der Waals surface area contributed by atoms with Gasteiger partial charge < -0.3 is 9.64 Å². The Morgan fingerprint density at radius 3 is 2.67 bits per heavy atom. The van der Waals surface area contributed by atoms with Crippen LogP contribution < -0.4 is 4.74 Å². The van der Waals surface area contributed by atoms with E-state index in [1.165, 1.54) is 0 Å². The second-order valence-corrected chi connectivity index (χ2v) is 6.50. The molecule has 1 atom stereocenters. The highest BCUT2D eigenvalue weighted by Crippen LogP contribution is 2.33. The van der Waals surface area contributed by atoms with Crippen molar-refractivity contribution in [3.63, 3.8) is 0 Å². The molecule has 0 N–H and O–H groups in total. The van der Waals surface area contributed by atoms with Crippen molar-refractivity contribution in [1.82, 2.24) is 4.90 Å². The smallest absolute Gasteiger partial charge is 0.419 e. The Morgan fingerprint density at radius 1 is 1.22 bits per heavy atom. The summed E-state index contributed by atoms with van der Waals surface area (Å²) in [5, 5.41) is 0. The van der Waals surface area contributed by atoms with Crippen LogP contribution in [0, 0.1) is 5.82 Å². The van der Waals surface area contributed by atoms with Crippen molar-refractivity contribution < 1.29 is 27.1 Å². The van der Waals surface area contributed by atoms with Crippen molar-refractivity contribution in [3.8, 4) is 5.75 Å². The van der Waals surface area contributed by atoms with E-state index < -0.39 is 23.5 Å². The summed E-state index contributed by atoms with van der Waals surface area (Å²) in [5.41, 5.74) is -0.649. The molecule has 1 aliphatic heterocycles. The summed E-state index contributed by atoms with van der Waals surface area (Å²) in [6.07, 6.45) is -2.79. The number of alkyl halides is 3. The van der Waals surface area contributed by atoms with Gasteiger partial charge in [-0.3, -0.25) is 4.79 Å². The van der Waals surface area contributed by atoms with Crippen LogP contribution in [0.15, 0.2) is 42.5 Å². The number of carbonyl (C=O) groups is 1. The van der Waals surface area contributed by atoms with Gasteiger partial charge in [0.05, 0.1) is 12.7 Å². The average Bonchev–Trinajstić information content (AvgIpc) is 3.09. The minimum absolute atomic E-state index is 0.145. The molecule has 1 heterocycles. The summed E-state index contributed by atoms with van der Waals surface area (Å²) in [7, 11) is 1.56. The summed E-state index contributed by atoms with van der Waals surface area (Å²) in [6, 6.07) is 9.69. The topological polar surface area (TPSA) is 29.5 Å². The first-order valence-electron chi connectivity index (χ1n) is 8.61. The van der Waals surface area contributed by atoms with E-state index in [0.717, 1.165) is 24.5 Å². The van der Waals surface area contributed by atoms with Gasteiger partial charge in [-0.05, 0) is 49.1 Å². The van der Waals surface area contributed by atoms with E-state index >= 15 is 0 Å². The lowest BCUT2D eigenvalue weighted by atomic mass is 10.0. The van der Waals surface area contributed by atoms with Gasteiger partial charge in [0.1, 0.15) is 11.6 Å². The Labute approximate surface area is 154 Å². The molecular formula is C20H19F4NO2. The Balaban J connectivity index is 1.84. The number of amides is 1. The maximum Gasteiger partial charge on any atom is 0.419 e. The summed E-state index contributed by atoms with van der Waals surface area (Å²) >= 11 is 0. The molecule has 1 amide bonds. The lowest BCUT2D eigenvalue weighted by molar-refractivity contribution is -0.140. The number of methoxy groups -OCH3 is 1. The van der Waals surface area contributed by atoms with Crippen molar-refractivity contribution in [2.45, 2.75) is 31.5 Å². The summed E-state index contributed by atoms with van der Waals surface area (Å²) in [6.45, 7) is 0.456. The molecular weight excluding hydrogens is 362 g/mol. The van der Waals surface area contributed by atoms with Crippen LogP contribution in [0.25, 0.3) is 0 Å². The van der Waals surface area contributed by atoms with Gasteiger partial charge in [0, 0.05) is 18.2 Å². The molecule has 1 saturated heterocycles. The summed E-state index contributed by atoms with van der Waals surface area (Å²) in [4.78, 5) is 14.4. The Bertz CT molecular complexity index is 835. The molecule has 0 bridgehead atoms. The van der Waals surface area contributed by atoms with Crippen molar-refractivity contribution in [2.24, 2.45) is 0 Å². The zero-order valence-corrected chi connectivity index (χ0v) is 14.7. The van der Waals surface area contributed by atoms with Gasteiger partial charge in [0.15, 0.2) is 0 Å². The molecule has 0 aliphatic carbocycles. The number of rotatable bonds is 4. The van der Waals surface area contributed by atoms with Crippen LogP contribution in [0.4, 0.5) is 17.6 Å². The Morgan fingerprint density at radius 2 is 1.96 bits per heavy atom. The molecule has 0 saturated carbocycles. The van der Waals surface area contributed by atoms with E-state index in [0.29, 0.717) is 30.8 Å². The number of nitrogens with zero attached hydrogens (tertiary/aromatic N) is 1.